The highest BCUT2D eigenvalue weighted by Crippen LogP contribution is 2.45. The van der Waals surface area contributed by atoms with Crippen molar-refractivity contribution in [1.29, 1.82) is 0 Å². The van der Waals surface area contributed by atoms with Gasteiger partial charge in [-0.1, -0.05) is 12.1 Å². The van der Waals surface area contributed by atoms with Crippen LogP contribution in [0.2, 0.25) is 0 Å². The Morgan fingerprint density at radius 1 is 1.07 bits per heavy atom. The molecule has 28 heavy (non-hydrogen) atoms. The number of hydrogen-bond acceptors (Lipinski definition) is 6. The van der Waals surface area contributed by atoms with E-state index in [4.69, 9.17) is 9.47 Å². The molecule has 0 aliphatic heterocycles. The monoisotopic (exact) mass is 394 g/mol. The molecule has 0 amide bonds. The van der Waals surface area contributed by atoms with E-state index in [0.717, 1.165) is 0 Å². The van der Waals surface area contributed by atoms with Crippen molar-refractivity contribution in [3.63, 3.8) is 0 Å². The second-order valence-electron chi connectivity index (χ2n) is 7.98. The normalized spacial score (nSPS) is 27.8. The molecule has 1 aliphatic rings. The zero-order valence-corrected chi connectivity index (χ0v) is 16.8. The van der Waals surface area contributed by atoms with Crippen molar-refractivity contribution in [1.82, 2.24) is 0 Å². The molecule has 4 atom stereocenters. The van der Waals surface area contributed by atoms with Crippen LogP contribution >= 0.6 is 0 Å². The van der Waals surface area contributed by atoms with Crippen LogP contribution in [-0.2, 0) is 23.9 Å². The Kier molecular flexibility index (Phi) is 6.59. The van der Waals surface area contributed by atoms with E-state index < -0.39 is 59.1 Å². The van der Waals surface area contributed by atoms with Gasteiger partial charge in [0.25, 0.3) is 0 Å². The summed E-state index contributed by atoms with van der Waals surface area (Å²) >= 11 is 0. The Hall–Kier alpha value is -2.28. The minimum absolute atomic E-state index is 0.203. The van der Waals surface area contributed by atoms with Gasteiger partial charge in [-0.2, -0.15) is 0 Å². The van der Waals surface area contributed by atoms with Gasteiger partial charge in [-0.3, -0.25) is 14.4 Å². The van der Waals surface area contributed by atoms with Crippen molar-refractivity contribution >= 4 is 17.7 Å². The summed E-state index contributed by atoms with van der Waals surface area (Å²) in [7, 11) is 0. The summed E-state index contributed by atoms with van der Waals surface area (Å²) in [4.78, 5) is 38.5. The Labute approximate surface area is 164 Å². The van der Waals surface area contributed by atoms with Crippen LogP contribution in [0.5, 0.6) is 0 Å². The van der Waals surface area contributed by atoms with E-state index in [2.05, 4.69) is 0 Å². The lowest BCUT2D eigenvalue weighted by Crippen LogP contribution is -2.55. The van der Waals surface area contributed by atoms with Gasteiger partial charge in [-0.25, -0.2) is 4.39 Å². The molecule has 0 bridgehead atoms. The van der Waals surface area contributed by atoms with Gasteiger partial charge in [0.15, 0.2) is 5.78 Å². The fourth-order valence-corrected chi connectivity index (χ4v) is 3.60. The molecule has 0 unspecified atom stereocenters. The fourth-order valence-electron chi connectivity index (χ4n) is 3.60. The third-order valence-electron chi connectivity index (χ3n) is 4.74. The van der Waals surface area contributed by atoms with Gasteiger partial charge in [0, 0.05) is 5.92 Å². The Morgan fingerprint density at radius 3 is 2.07 bits per heavy atom. The van der Waals surface area contributed by atoms with Crippen LogP contribution in [0.25, 0.3) is 0 Å². The smallest absolute Gasteiger partial charge is 0.317 e. The summed E-state index contributed by atoms with van der Waals surface area (Å²) in [6, 6.07) is 5.25. The maximum atomic E-state index is 13.4. The van der Waals surface area contributed by atoms with Crippen LogP contribution in [0.1, 0.15) is 52.5 Å². The molecule has 0 saturated heterocycles. The molecule has 2 rings (SSSR count). The van der Waals surface area contributed by atoms with Gasteiger partial charge in [0.05, 0.1) is 18.1 Å². The summed E-state index contributed by atoms with van der Waals surface area (Å²) in [5.74, 6) is -5.95. The van der Waals surface area contributed by atoms with E-state index in [9.17, 15) is 23.9 Å². The summed E-state index contributed by atoms with van der Waals surface area (Å²) in [6.07, 6.45) is -1.10. The maximum Gasteiger partial charge on any atom is 0.317 e. The number of rotatable bonds is 5. The number of aliphatic hydroxyl groups is 1. The van der Waals surface area contributed by atoms with Crippen LogP contribution in [0.3, 0.4) is 0 Å². The minimum atomic E-state index is -1.89. The molecular weight excluding hydrogens is 367 g/mol. The zero-order valence-electron chi connectivity index (χ0n) is 16.8. The van der Waals surface area contributed by atoms with Crippen molar-refractivity contribution in [2.75, 3.05) is 0 Å². The van der Waals surface area contributed by atoms with Gasteiger partial charge >= 0.3 is 11.9 Å². The van der Waals surface area contributed by atoms with Gasteiger partial charge < -0.3 is 14.6 Å². The topological polar surface area (TPSA) is 89.9 Å². The number of carbonyl (C=O) groups is 3. The summed E-state index contributed by atoms with van der Waals surface area (Å²) in [6.45, 7) is 7.92. The van der Waals surface area contributed by atoms with Crippen LogP contribution in [-0.4, -0.2) is 40.6 Å². The van der Waals surface area contributed by atoms with Crippen LogP contribution in [0.4, 0.5) is 4.39 Å². The first kappa shape index (κ1) is 22.0. The predicted octanol–water partition coefficient (Wildman–Crippen LogP) is 2.77. The number of halogens is 1. The lowest BCUT2D eigenvalue weighted by molar-refractivity contribution is -0.173. The first-order valence-electron chi connectivity index (χ1n) is 9.37. The first-order valence-corrected chi connectivity index (χ1v) is 9.37. The lowest BCUT2D eigenvalue weighted by Gasteiger charge is -2.42. The van der Waals surface area contributed by atoms with E-state index in [1.54, 1.807) is 27.7 Å². The van der Waals surface area contributed by atoms with E-state index in [1.165, 1.54) is 31.2 Å². The number of carbonyl (C=O) groups excluding carboxylic acids is 3. The van der Waals surface area contributed by atoms with Crippen molar-refractivity contribution < 1.29 is 33.4 Å². The minimum Gasteiger partial charge on any atom is -0.463 e. The summed E-state index contributed by atoms with van der Waals surface area (Å²) < 4.78 is 24.0. The van der Waals surface area contributed by atoms with E-state index >= 15 is 0 Å². The molecule has 6 nitrogen and oxygen atoms in total. The second-order valence-corrected chi connectivity index (χ2v) is 7.98. The van der Waals surface area contributed by atoms with Crippen LogP contribution in [0.15, 0.2) is 24.3 Å². The fraction of sp³-hybridized carbons (Fsp3) is 0.571. The maximum absolute atomic E-state index is 13.4. The lowest BCUT2D eigenvalue weighted by atomic mass is 9.63. The van der Waals surface area contributed by atoms with Gasteiger partial charge in [-0.05, 0) is 58.7 Å². The van der Waals surface area contributed by atoms with Crippen molar-refractivity contribution in [2.24, 2.45) is 11.8 Å². The van der Waals surface area contributed by atoms with Gasteiger partial charge in [0.2, 0.25) is 0 Å². The van der Waals surface area contributed by atoms with E-state index in [1.807, 2.05) is 0 Å². The molecule has 154 valence electrons. The molecule has 1 aromatic rings. The van der Waals surface area contributed by atoms with Crippen molar-refractivity contribution in [2.45, 2.75) is 64.8 Å². The van der Waals surface area contributed by atoms with Crippen LogP contribution in [0, 0.1) is 17.7 Å². The third kappa shape index (κ3) is 4.76. The average Bonchev–Trinajstić information content (AvgIpc) is 2.56. The number of ether oxygens (including phenoxy) is 2. The molecular formula is C21H27FO6. The highest BCUT2D eigenvalue weighted by Gasteiger charge is 2.56. The number of hydrogen-bond donors (Lipinski definition) is 1. The number of ketones is 1. The second kappa shape index (κ2) is 8.39. The molecule has 1 aromatic carbocycles. The SMILES string of the molecule is CC(C)OC(=O)[C@H]1C(=O)[C@@](C)(O)C[C@@H](C(=O)OC(C)C)[C@H]1c1ccc(F)cc1. The molecule has 7 heteroatoms. The molecule has 0 aromatic heterocycles. The Bertz CT molecular complexity index is 738. The first-order chi connectivity index (χ1) is 12.9. The number of benzene rings is 1. The third-order valence-corrected chi connectivity index (χ3v) is 4.74. The number of Topliss-reactive ketones (excluding diaryl/α,β-unsaturated/α-hetero) is 1. The molecule has 0 spiro atoms. The molecule has 1 saturated carbocycles. The Morgan fingerprint density at radius 2 is 1.57 bits per heavy atom. The molecule has 0 heterocycles. The summed E-state index contributed by atoms with van der Waals surface area (Å²) in [5.41, 5.74) is -1.46. The van der Waals surface area contributed by atoms with Gasteiger partial charge in [0.1, 0.15) is 17.3 Å². The molecule has 1 N–H and O–H groups in total. The van der Waals surface area contributed by atoms with Gasteiger partial charge in [-0.15, -0.1) is 0 Å². The highest BCUT2D eigenvalue weighted by molar-refractivity contribution is 6.06. The number of esters is 2. The van der Waals surface area contributed by atoms with E-state index in [-0.39, 0.29) is 6.42 Å². The predicted molar refractivity (Wildman–Crippen MR) is 98.8 cm³/mol. The molecule has 0 radical (unpaired) electrons. The highest BCUT2D eigenvalue weighted by atomic mass is 19.1. The summed E-state index contributed by atoms with van der Waals surface area (Å²) in [5, 5.41) is 10.6. The Balaban J connectivity index is 2.57. The zero-order chi connectivity index (χ0) is 21.2. The van der Waals surface area contributed by atoms with E-state index in [0.29, 0.717) is 5.56 Å². The largest absolute Gasteiger partial charge is 0.463 e. The standard InChI is InChI=1S/C21H27FO6/c1-11(2)27-19(24)15-10-21(5,26)18(23)17(20(25)28-12(3)4)16(15)13-6-8-14(22)9-7-13/h6-9,11-12,15-17,26H,10H2,1-5H3/t15-,16-,17-,21+/m1/s1. The quantitative estimate of drug-likeness (QED) is 0.610. The average molecular weight is 394 g/mol. The molecule has 1 aliphatic carbocycles. The molecule has 1 fully saturated rings. The van der Waals surface area contributed by atoms with Crippen molar-refractivity contribution in [3.8, 4) is 0 Å². The van der Waals surface area contributed by atoms with Crippen molar-refractivity contribution in [3.05, 3.63) is 35.6 Å². The van der Waals surface area contributed by atoms with Crippen LogP contribution < -0.4 is 0 Å².